The molecule has 0 atom stereocenters. The van der Waals surface area contributed by atoms with Gasteiger partial charge >= 0.3 is 0 Å². The van der Waals surface area contributed by atoms with E-state index in [0.717, 1.165) is 17.7 Å². The molecule has 0 saturated heterocycles. The SMILES string of the molecule is CC(C)Cc1cc(CNC(=O)c2ccc(-c3ccccc3)[nH]c2=O)no1. The summed E-state index contributed by atoms with van der Waals surface area (Å²) in [5.74, 6) is 0.806. The van der Waals surface area contributed by atoms with Gasteiger partial charge in [0.1, 0.15) is 17.0 Å². The second-order valence-corrected chi connectivity index (χ2v) is 6.55. The number of benzene rings is 1. The van der Waals surface area contributed by atoms with Crippen molar-refractivity contribution in [2.75, 3.05) is 0 Å². The molecular weight excluding hydrogens is 330 g/mol. The monoisotopic (exact) mass is 351 g/mol. The van der Waals surface area contributed by atoms with Crippen molar-refractivity contribution >= 4 is 5.91 Å². The van der Waals surface area contributed by atoms with Gasteiger partial charge in [0.15, 0.2) is 0 Å². The van der Waals surface area contributed by atoms with Crippen molar-refractivity contribution in [3.8, 4) is 11.3 Å². The van der Waals surface area contributed by atoms with E-state index in [0.29, 0.717) is 17.3 Å². The van der Waals surface area contributed by atoms with E-state index >= 15 is 0 Å². The first-order chi connectivity index (χ1) is 12.5. The van der Waals surface area contributed by atoms with Crippen LogP contribution in [0.25, 0.3) is 11.3 Å². The Bertz CT molecular complexity index is 942. The van der Waals surface area contributed by atoms with E-state index < -0.39 is 11.5 Å². The maximum absolute atomic E-state index is 12.3. The highest BCUT2D eigenvalue weighted by molar-refractivity contribution is 5.94. The Morgan fingerprint density at radius 3 is 2.65 bits per heavy atom. The van der Waals surface area contributed by atoms with Crippen LogP contribution in [-0.2, 0) is 13.0 Å². The van der Waals surface area contributed by atoms with Gasteiger partial charge in [0, 0.05) is 18.2 Å². The third-order valence-electron chi connectivity index (χ3n) is 3.89. The number of hydrogen-bond donors (Lipinski definition) is 2. The molecular formula is C20H21N3O3. The predicted molar refractivity (Wildman–Crippen MR) is 98.7 cm³/mol. The smallest absolute Gasteiger partial charge is 0.261 e. The number of aromatic amines is 1. The van der Waals surface area contributed by atoms with E-state index in [4.69, 9.17) is 4.52 Å². The van der Waals surface area contributed by atoms with Crippen molar-refractivity contribution in [3.63, 3.8) is 0 Å². The summed E-state index contributed by atoms with van der Waals surface area (Å²) in [7, 11) is 0. The zero-order chi connectivity index (χ0) is 18.5. The maximum Gasteiger partial charge on any atom is 0.261 e. The van der Waals surface area contributed by atoms with E-state index in [1.807, 2.05) is 36.4 Å². The lowest BCUT2D eigenvalue weighted by molar-refractivity contribution is 0.0948. The molecule has 0 radical (unpaired) electrons. The lowest BCUT2D eigenvalue weighted by atomic mass is 10.1. The molecule has 0 aliphatic rings. The normalized spacial score (nSPS) is 10.9. The molecule has 134 valence electrons. The van der Waals surface area contributed by atoms with E-state index in [1.54, 1.807) is 6.07 Å². The molecule has 1 aromatic carbocycles. The van der Waals surface area contributed by atoms with Gasteiger partial charge in [-0.1, -0.05) is 49.3 Å². The Hall–Kier alpha value is -3.15. The predicted octanol–water partition coefficient (Wildman–Crippen LogP) is 3.16. The van der Waals surface area contributed by atoms with Crippen molar-refractivity contribution in [1.29, 1.82) is 0 Å². The number of pyridine rings is 1. The standard InChI is InChI=1S/C20H21N3O3/c1-13(2)10-16-11-15(23-26-16)12-21-19(24)17-8-9-18(22-20(17)25)14-6-4-3-5-7-14/h3-9,11,13H,10,12H2,1-2H3,(H,21,24)(H,22,25). The van der Waals surface area contributed by atoms with Gasteiger partial charge in [-0.3, -0.25) is 9.59 Å². The molecule has 0 unspecified atom stereocenters. The Balaban J connectivity index is 1.66. The van der Waals surface area contributed by atoms with Crippen LogP contribution in [0.5, 0.6) is 0 Å². The summed E-state index contributed by atoms with van der Waals surface area (Å²) in [6.45, 7) is 4.39. The molecule has 0 spiro atoms. The number of carbonyl (C=O) groups excluding carboxylic acids is 1. The van der Waals surface area contributed by atoms with Crippen molar-refractivity contribution in [3.05, 3.63) is 75.9 Å². The van der Waals surface area contributed by atoms with Crippen LogP contribution in [0.3, 0.4) is 0 Å². The third-order valence-corrected chi connectivity index (χ3v) is 3.89. The first kappa shape index (κ1) is 17.7. The molecule has 1 amide bonds. The van der Waals surface area contributed by atoms with Gasteiger partial charge < -0.3 is 14.8 Å². The summed E-state index contributed by atoms with van der Waals surface area (Å²) in [4.78, 5) is 27.3. The van der Waals surface area contributed by atoms with Crippen molar-refractivity contribution in [2.45, 2.75) is 26.8 Å². The van der Waals surface area contributed by atoms with Crippen molar-refractivity contribution < 1.29 is 9.32 Å². The summed E-state index contributed by atoms with van der Waals surface area (Å²) >= 11 is 0. The topological polar surface area (TPSA) is 88.0 Å². The van der Waals surface area contributed by atoms with Gasteiger partial charge in [-0.05, 0) is 23.6 Å². The zero-order valence-electron chi connectivity index (χ0n) is 14.8. The number of H-pyrrole nitrogens is 1. The molecule has 0 bridgehead atoms. The molecule has 6 heteroatoms. The molecule has 6 nitrogen and oxygen atoms in total. The Kier molecular flexibility index (Phi) is 5.31. The molecule has 2 heterocycles. The first-order valence-electron chi connectivity index (χ1n) is 8.54. The fourth-order valence-electron chi connectivity index (χ4n) is 2.64. The summed E-state index contributed by atoms with van der Waals surface area (Å²) in [6, 6.07) is 14.5. The van der Waals surface area contributed by atoms with E-state index in [-0.39, 0.29) is 12.1 Å². The molecule has 0 aliphatic heterocycles. The molecule has 0 saturated carbocycles. The third kappa shape index (κ3) is 4.27. The van der Waals surface area contributed by atoms with Gasteiger partial charge in [-0.15, -0.1) is 0 Å². The molecule has 3 aromatic rings. The van der Waals surface area contributed by atoms with Gasteiger partial charge in [-0.25, -0.2) is 0 Å². The minimum absolute atomic E-state index is 0.0654. The summed E-state index contributed by atoms with van der Waals surface area (Å²) in [6.07, 6.45) is 0.793. The highest BCUT2D eigenvalue weighted by atomic mass is 16.5. The van der Waals surface area contributed by atoms with E-state index in [2.05, 4.69) is 29.3 Å². The van der Waals surface area contributed by atoms with Crippen LogP contribution in [0.15, 0.2) is 57.8 Å². The lowest BCUT2D eigenvalue weighted by Gasteiger charge is -2.05. The largest absolute Gasteiger partial charge is 0.361 e. The van der Waals surface area contributed by atoms with Gasteiger partial charge in [0.25, 0.3) is 11.5 Å². The second-order valence-electron chi connectivity index (χ2n) is 6.55. The maximum atomic E-state index is 12.3. The minimum Gasteiger partial charge on any atom is -0.361 e. The lowest BCUT2D eigenvalue weighted by Crippen LogP contribution is -2.29. The molecule has 0 fully saturated rings. The Morgan fingerprint density at radius 2 is 1.96 bits per heavy atom. The van der Waals surface area contributed by atoms with Crippen LogP contribution in [0.1, 0.15) is 35.7 Å². The van der Waals surface area contributed by atoms with Gasteiger partial charge in [0.05, 0.1) is 6.54 Å². The molecule has 0 aliphatic carbocycles. The highest BCUT2D eigenvalue weighted by Gasteiger charge is 2.13. The first-order valence-corrected chi connectivity index (χ1v) is 8.54. The number of hydrogen-bond acceptors (Lipinski definition) is 4. The highest BCUT2D eigenvalue weighted by Crippen LogP contribution is 2.14. The van der Waals surface area contributed by atoms with Crippen LogP contribution >= 0.6 is 0 Å². The summed E-state index contributed by atoms with van der Waals surface area (Å²) in [5.41, 5.74) is 1.82. The van der Waals surface area contributed by atoms with Crippen molar-refractivity contribution in [1.82, 2.24) is 15.5 Å². The molecule has 2 N–H and O–H groups in total. The summed E-state index contributed by atoms with van der Waals surface area (Å²) < 4.78 is 5.23. The number of nitrogens with zero attached hydrogens (tertiary/aromatic N) is 1. The number of carbonyl (C=O) groups is 1. The van der Waals surface area contributed by atoms with Crippen molar-refractivity contribution in [2.24, 2.45) is 5.92 Å². The zero-order valence-corrected chi connectivity index (χ0v) is 14.8. The van der Waals surface area contributed by atoms with Gasteiger partial charge in [0.2, 0.25) is 0 Å². The van der Waals surface area contributed by atoms with Crippen LogP contribution in [0.4, 0.5) is 0 Å². The van der Waals surface area contributed by atoms with Crippen LogP contribution in [0, 0.1) is 5.92 Å². The number of rotatable bonds is 6. The average Bonchev–Trinajstić information content (AvgIpc) is 3.07. The fraction of sp³-hybridized carbons (Fsp3) is 0.250. The fourth-order valence-corrected chi connectivity index (χ4v) is 2.64. The molecule has 2 aromatic heterocycles. The molecule has 26 heavy (non-hydrogen) atoms. The Labute approximate surface area is 151 Å². The summed E-state index contributed by atoms with van der Waals surface area (Å²) in [5, 5.41) is 6.64. The Morgan fingerprint density at radius 1 is 1.19 bits per heavy atom. The number of aromatic nitrogens is 2. The second kappa shape index (κ2) is 7.82. The van der Waals surface area contributed by atoms with Crippen LogP contribution in [-0.4, -0.2) is 16.0 Å². The van der Waals surface area contributed by atoms with E-state index in [1.165, 1.54) is 6.07 Å². The number of amides is 1. The van der Waals surface area contributed by atoms with Crippen LogP contribution in [0.2, 0.25) is 0 Å². The molecule has 3 rings (SSSR count). The minimum atomic E-state index is -0.445. The van der Waals surface area contributed by atoms with Crippen LogP contribution < -0.4 is 10.9 Å². The van der Waals surface area contributed by atoms with Gasteiger partial charge in [-0.2, -0.15) is 0 Å². The average molecular weight is 351 g/mol. The van der Waals surface area contributed by atoms with E-state index in [9.17, 15) is 9.59 Å². The number of nitrogens with one attached hydrogen (secondary N) is 2. The quantitative estimate of drug-likeness (QED) is 0.714.